The van der Waals surface area contributed by atoms with E-state index in [4.69, 9.17) is 23.2 Å². The Morgan fingerprint density at radius 3 is 2.50 bits per heavy atom. The van der Waals surface area contributed by atoms with E-state index >= 15 is 0 Å². The van der Waals surface area contributed by atoms with Gasteiger partial charge in [-0.1, -0.05) is 11.6 Å². The number of aromatic nitrogens is 1. The monoisotopic (exact) mass is 351 g/mol. The Balaban J connectivity index is 3.32. The van der Waals surface area contributed by atoms with Gasteiger partial charge in [0.1, 0.15) is 9.39 Å². The molecule has 0 bridgehead atoms. The summed E-state index contributed by atoms with van der Waals surface area (Å²) in [6.45, 7) is 0. The number of halogens is 5. The standard InChI is InChI=1S/C7H2Cl2F2INO/c8-2-1-3(6(10)11)13-7(12)4(2)5(9)14/h1,6H. The topological polar surface area (TPSA) is 30.0 Å². The largest absolute Gasteiger partial charge is 0.280 e. The van der Waals surface area contributed by atoms with Crippen molar-refractivity contribution in [1.82, 2.24) is 4.98 Å². The van der Waals surface area contributed by atoms with Crippen molar-refractivity contribution in [2.75, 3.05) is 0 Å². The van der Waals surface area contributed by atoms with Crippen molar-refractivity contribution < 1.29 is 13.6 Å². The number of pyridine rings is 1. The molecule has 0 radical (unpaired) electrons. The van der Waals surface area contributed by atoms with Crippen LogP contribution in [-0.4, -0.2) is 10.2 Å². The number of carbonyl (C=O) groups excluding carboxylic acids is 1. The van der Waals surface area contributed by atoms with Crippen LogP contribution < -0.4 is 0 Å². The fourth-order valence-electron chi connectivity index (χ4n) is 0.789. The van der Waals surface area contributed by atoms with Crippen LogP contribution in [0.2, 0.25) is 5.02 Å². The van der Waals surface area contributed by atoms with E-state index in [2.05, 4.69) is 4.98 Å². The second-order valence-electron chi connectivity index (χ2n) is 2.27. The highest BCUT2D eigenvalue weighted by Gasteiger charge is 2.18. The molecule has 14 heavy (non-hydrogen) atoms. The lowest BCUT2D eigenvalue weighted by Crippen LogP contribution is -2.02. The first kappa shape index (κ1) is 12.1. The van der Waals surface area contributed by atoms with Crippen LogP contribution in [0.1, 0.15) is 22.5 Å². The number of hydrogen-bond acceptors (Lipinski definition) is 2. The van der Waals surface area contributed by atoms with Crippen LogP contribution in [0.3, 0.4) is 0 Å². The Bertz CT molecular complexity index is 363. The molecule has 0 aliphatic rings. The van der Waals surface area contributed by atoms with Crippen molar-refractivity contribution in [2.24, 2.45) is 0 Å². The summed E-state index contributed by atoms with van der Waals surface area (Å²) in [7, 11) is 0. The van der Waals surface area contributed by atoms with Crippen molar-refractivity contribution in [3.8, 4) is 0 Å². The minimum Gasteiger partial charge on any atom is -0.275 e. The van der Waals surface area contributed by atoms with Gasteiger partial charge in [0.05, 0.1) is 10.6 Å². The minimum absolute atomic E-state index is 0.0432. The Kier molecular flexibility index (Phi) is 4.03. The van der Waals surface area contributed by atoms with Gasteiger partial charge in [-0.25, -0.2) is 13.8 Å². The SMILES string of the molecule is O=C(Cl)c1c(Cl)cc(C(F)F)nc1I. The van der Waals surface area contributed by atoms with Gasteiger partial charge in [-0.2, -0.15) is 0 Å². The smallest absolute Gasteiger partial charge is 0.275 e. The third kappa shape index (κ3) is 2.52. The molecule has 1 aromatic heterocycles. The van der Waals surface area contributed by atoms with Gasteiger partial charge >= 0.3 is 0 Å². The van der Waals surface area contributed by atoms with Gasteiger partial charge in [-0.3, -0.25) is 4.79 Å². The lowest BCUT2D eigenvalue weighted by atomic mass is 10.2. The third-order valence-electron chi connectivity index (χ3n) is 1.37. The maximum Gasteiger partial charge on any atom is 0.280 e. The van der Waals surface area contributed by atoms with Crippen molar-refractivity contribution >= 4 is 51.0 Å². The molecule has 0 saturated heterocycles. The molecule has 1 aromatic rings. The van der Waals surface area contributed by atoms with E-state index in [0.29, 0.717) is 0 Å². The molecule has 2 nitrogen and oxygen atoms in total. The van der Waals surface area contributed by atoms with Gasteiger partial charge in [0.25, 0.3) is 11.7 Å². The van der Waals surface area contributed by atoms with Crippen LogP contribution in [0, 0.1) is 3.70 Å². The summed E-state index contributed by atoms with van der Waals surface area (Å²) in [5.41, 5.74) is -0.514. The summed E-state index contributed by atoms with van der Waals surface area (Å²) in [5.74, 6) is 0. The van der Waals surface area contributed by atoms with E-state index in [1.807, 2.05) is 0 Å². The first-order valence-corrected chi connectivity index (χ1v) is 5.11. The van der Waals surface area contributed by atoms with E-state index in [0.717, 1.165) is 6.07 Å². The number of alkyl halides is 2. The molecule has 0 atom stereocenters. The molecule has 0 amide bonds. The third-order valence-corrected chi connectivity index (χ3v) is 2.63. The van der Waals surface area contributed by atoms with E-state index < -0.39 is 17.4 Å². The number of rotatable bonds is 2. The first-order valence-electron chi connectivity index (χ1n) is 3.27. The molecular formula is C7H2Cl2F2INO. The predicted molar refractivity (Wildman–Crippen MR) is 57.1 cm³/mol. The maximum atomic E-state index is 12.2. The van der Waals surface area contributed by atoms with Gasteiger partial charge < -0.3 is 0 Å². The molecule has 1 rings (SSSR count). The molecule has 0 aliphatic heterocycles. The van der Waals surface area contributed by atoms with Crippen molar-refractivity contribution in [2.45, 2.75) is 6.43 Å². The summed E-state index contributed by atoms with van der Waals surface area (Å²) in [6.07, 6.45) is -2.72. The van der Waals surface area contributed by atoms with Gasteiger partial charge in [-0.15, -0.1) is 0 Å². The number of nitrogens with zero attached hydrogens (tertiary/aromatic N) is 1. The molecule has 7 heteroatoms. The average molecular weight is 352 g/mol. The zero-order valence-corrected chi connectivity index (χ0v) is 10.1. The average Bonchev–Trinajstić information content (AvgIpc) is 2.01. The highest BCUT2D eigenvalue weighted by Crippen LogP contribution is 2.27. The number of carbonyl (C=O) groups is 1. The fourth-order valence-corrected chi connectivity index (χ4v) is 2.45. The fraction of sp³-hybridized carbons (Fsp3) is 0.143. The maximum absolute atomic E-state index is 12.2. The zero-order chi connectivity index (χ0) is 10.9. The summed E-state index contributed by atoms with van der Waals surface area (Å²) < 4.78 is 24.5. The molecule has 0 fully saturated rings. The second kappa shape index (κ2) is 4.67. The Labute approximate surface area is 102 Å². The van der Waals surface area contributed by atoms with E-state index in [-0.39, 0.29) is 14.3 Å². The highest BCUT2D eigenvalue weighted by atomic mass is 127. The summed E-state index contributed by atoms with van der Waals surface area (Å²) in [6, 6.07) is 0.935. The molecule has 76 valence electrons. The second-order valence-corrected chi connectivity index (χ2v) is 4.04. The lowest BCUT2D eigenvalue weighted by Gasteiger charge is -2.04. The van der Waals surface area contributed by atoms with Gasteiger partial charge in [0, 0.05) is 0 Å². The van der Waals surface area contributed by atoms with Gasteiger partial charge in [-0.05, 0) is 40.3 Å². The summed E-state index contributed by atoms with van der Waals surface area (Å²) in [4.78, 5) is 14.3. The summed E-state index contributed by atoms with van der Waals surface area (Å²) >= 11 is 12.4. The lowest BCUT2D eigenvalue weighted by molar-refractivity contribution is 0.107. The quantitative estimate of drug-likeness (QED) is 0.462. The highest BCUT2D eigenvalue weighted by molar-refractivity contribution is 14.1. The number of hydrogen-bond donors (Lipinski definition) is 0. The Hall–Kier alpha value is -0.0100. The molecular weight excluding hydrogens is 350 g/mol. The van der Waals surface area contributed by atoms with Crippen molar-refractivity contribution in [3.05, 3.63) is 26.0 Å². The molecule has 1 heterocycles. The van der Waals surface area contributed by atoms with E-state index in [1.165, 1.54) is 0 Å². The van der Waals surface area contributed by atoms with Crippen LogP contribution in [0.4, 0.5) is 8.78 Å². The van der Waals surface area contributed by atoms with Crippen LogP contribution in [0.5, 0.6) is 0 Å². The van der Waals surface area contributed by atoms with Crippen LogP contribution >= 0.6 is 45.8 Å². The van der Waals surface area contributed by atoms with Crippen LogP contribution in [-0.2, 0) is 0 Å². The van der Waals surface area contributed by atoms with Crippen LogP contribution in [0.15, 0.2) is 6.07 Å². The molecule has 0 aromatic carbocycles. The van der Waals surface area contributed by atoms with Gasteiger partial charge in [0.2, 0.25) is 0 Å². The first-order chi connectivity index (χ1) is 6.43. The Morgan fingerprint density at radius 1 is 1.57 bits per heavy atom. The van der Waals surface area contributed by atoms with Gasteiger partial charge in [0.15, 0.2) is 0 Å². The summed E-state index contributed by atoms with van der Waals surface area (Å²) in [5, 5.41) is -0.924. The Morgan fingerprint density at radius 2 is 2.14 bits per heavy atom. The van der Waals surface area contributed by atoms with E-state index in [9.17, 15) is 13.6 Å². The van der Waals surface area contributed by atoms with E-state index in [1.54, 1.807) is 22.6 Å². The molecule has 0 spiro atoms. The molecule has 0 N–H and O–H groups in total. The molecule has 0 unspecified atom stereocenters. The predicted octanol–water partition coefficient (Wildman–Crippen LogP) is 3.66. The van der Waals surface area contributed by atoms with Crippen molar-refractivity contribution in [1.29, 1.82) is 0 Å². The zero-order valence-electron chi connectivity index (χ0n) is 6.40. The molecule has 0 aliphatic carbocycles. The minimum atomic E-state index is -2.72. The molecule has 0 saturated carbocycles. The normalized spacial score (nSPS) is 10.7. The van der Waals surface area contributed by atoms with Crippen molar-refractivity contribution in [3.63, 3.8) is 0 Å². The van der Waals surface area contributed by atoms with Crippen LogP contribution in [0.25, 0.3) is 0 Å².